The summed E-state index contributed by atoms with van der Waals surface area (Å²) in [5.41, 5.74) is 0.769. The molecule has 2 heterocycles. The second-order valence-electron chi connectivity index (χ2n) is 3.56. The average Bonchev–Trinajstić information content (AvgIpc) is 2.77. The molecule has 1 unspecified atom stereocenters. The molecule has 1 N–H and O–H groups in total. The summed E-state index contributed by atoms with van der Waals surface area (Å²) < 4.78 is 1.85. The lowest BCUT2D eigenvalue weighted by Crippen LogP contribution is -2.09. The Morgan fingerprint density at radius 2 is 2.44 bits per heavy atom. The predicted molar refractivity (Wildman–Crippen MR) is 66.9 cm³/mol. The first-order chi connectivity index (χ1) is 7.81. The number of anilines is 1. The Kier molecular flexibility index (Phi) is 3.71. The van der Waals surface area contributed by atoms with Crippen LogP contribution in [0.25, 0.3) is 5.65 Å². The van der Waals surface area contributed by atoms with Crippen LogP contribution in [0.15, 0.2) is 18.7 Å². The SMILES string of the molecule is CCC(Br)CCNc1nccn2cnnc12. The maximum Gasteiger partial charge on any atom is 0.203 e. The molecular weight excluding hydrogens is 270 g/mol. The molecule has 0 saturated carbocycles. The number of hydrogen-bond donors (Lipinski definition) is 1. The first kappa shape index (κ1) is 11.3. The number of nitrogens with zero attached hydrogens (tertiary/aromatic N) is 4. The van der Waals surface area contributed by atoms with E-state index in [0.29, 0.717) is 4.83 Å². The van der Waals surface area contributed by atoms with Crippen LogP contribution in [-0.4, -0.2) is 31.0 Å². The zero-order chi connectivity index (χ0) is 11.4. The smallest absolute Gasteiger partial charge is 0.203 e. The molecule has 86 valence electrons. The van der Waals surface area contributed by atoms with Gasteiger partial charge in [-0.1, -0.05) is 22.9 Å². The van der Waals surface area contributed by atoms with Gasteiger partial charge in [0.25, 0.3) is 0 Å². The second-order valence-corrected chi connectivity index (χ2v) is 4.85. The van der Waals surface area contributed by atoms with E-state index < -0.39 is 0 Å². The van der Waals surface area contributed by atoms with Crippen molar-refractivity contribution >= 4 is 27.4 Å². The third-order valence-corrected chi connectivity index (χ3v) is 3.51. The zero-order valence-electron chi connectivity index (χ0n) is 9.10. The summed E-state index contributed by atoms with van der Waals surface area (Å²) in [6, 6.07) is 0. The maximum atomic E-state index is 4.25. The lowest BCUT2D eigenvalue weighted by molar-refractivity contribution is 0.773. The third-order valence-electron chi connectivity index (χ3n) is 2.41. The van der Waals surface area contributed by atoms with Crippen LogP contribution in [0.4, 0.5) is 5.82 Å². The summed E-state index contributed by atoms with van der Waals surface area (Å²) in [7, 11) is 0. The number of rotatable bonds is 5. The fourth-order valence-electron chi connectivity index (χ4n) is 1.43. The van der Waals surface area contributed by atoms with Gasteiger partial charge < -0.3 is 5.32 Å². The fourth-order valence-corrected chi connectivity index (χ4v) is 1.66. The molecule has 2 aromatic rings. The Morgan fingerprint density at radius 3 is 3.25 bits per heavy atom. The predicted octanol–water partition coefficient (Wildman–Crippen LogP) is 2.10. The molecule has 0 aliphatic heterocycles. The van der Waals surface area contributed by atoms with Gasteiger partial charge in [-0.2, -0.15) is 0 Å². The number of alkyl halides is 1. The number of fused-ring (bicyclic) bond motifs is 1. The minimum atomic E-state index is 0.553. The van der Waals surface area contributed by atoms with Gasteiger partial charge in [0.05, 0.1) is 0 Å². The topological polar surface area (TPSA) is 55.1 Å². The van der Waals surface area contributed by atoms with E-state index in [1.807, 2.05) is 10.6 Å². The van der Waals surface area contributed by atoms with Crippen molar-refractivity contribution in [2.45, 2.75) is 24.6 Å². The third kappa shape index (κ3) is 2.49. The van der Waals surface area contributed by atoms with Gasteiger partial charge in [-0.25, -0.2) is 4.98 Å². The van der Waals surface area contributed by atoms with E-state index in [1.165, 1.54) is 0 Å². The Bertz CT molecular complexity index is 455. The van der Waals surface area contributed by atoms with Crippen LogP contribution in [0.1, 0.15) is 19.8 Å². The molecule has 2 rings (SSSR count). The highest BCUT2D eigenvalue weighted by molar-refractivity contribution is 9.09. The van der Waals surface area contributed by atoms with E-state index in [0.717, 1.165) is 30.9 Å². The quantitative estimate of drug-likeness (QED) is 0.854. The Labute approximate surface area is 102 Å². The van der Waals surface area contributed by atoms with Gasteiger partial charge in [0.2, 0.25) is 5.65 Å². The van der Waals surface area contributed by atoms with Crippen molar-refractivity contribution in [1.29, 1.82) is 0 Å². The van der Waals surface area contributed by atoms with Crippen molar-refractivity contribution in [2.24, 2.45) is 0 Å². The van der Waals surface area contributed by atoms with E-state index in [2.05, 4.69) is 43.4 Å². The van der Waals surface area contributed by atoms with E-state index in [4.69, 9.17) is 0 Å². The molecule has 6 heteroatoms. The number of nitrogens with one attached hydrogen (secondary N) is 1. The highest BCUT2D eigenvalue weighted by Crippen LogP contribution is 2.12. The molecule has 0 aliphatic carbocycles. The van der Waals surface area contributed by atoms with Crippen molar-refractivity contribution in [2.75, 3.05) is 11.9 Å². The summed E-state index contributed by atoms with van der Waals surface area (Å²) in [6.07, 6.45) is 7.43. The number of aromatic nitrogens is 4. The van der Waals surface area contributed by atoms with Crippen molar-refractivity contribution < 1.29 is 0 Å². The molecule has 0 bridgehead atoms. The van der Waals surface area contributed by atoms with Gasteiger partial charge in [0, 0.05) is 23.8 Å². The largest absolute Gasteiger partial charge is 0.367 e. The Hall–Kier alpha value is -1.17. The van der Waals surface area contributed by atoms with Crippen molar-refractivity contribution in [3.05, 3.63) is 18.7 Å². The summed E-state index contributed by atoms with van der Waals surface area (Å²) >= 11 is 3.60. The maximum absolute atomic E-state index is 4.25. The fraction of sp³-hybridized carbons (Fsp3) is 0.500. The first-order valence-corrected chi connectivity index (χ1v) is 6.25. The molecule has 16 heavy (non-hydrogen) atoms. The molecule has 0 aromatic carbocycles. The molecule has 0 fully saturated rings. The van der Waals surface area contributed by atoms with E-state index in [-0.39, 0.29) is 0 Å². The minimum Gasteiger partial charge on any atom is -0.367 e. The molecular formula is C10H14BrN5. The average molecular weight is 284 g/mol. The highest BCUT2D eigenvalue weighted by atomic mass is 79.9. The normalized spacial score (nSPS) is 12.9. The van der Waals surface area contributed by atoms with Gasteiger partial charge in [0.15, 0.2) is 5.82 Å². The molecule has 0 spiro atoms. The van der Waals surface area contributed by atoms with E-state index in [9.17, 15) is 0 Å². The van der Waals surface area contributed by atoms with Crippen molar-refractivity contribution in [3.8, 4) is 0 Å². The summed E-state index contributed by atoms with van der Waals surface area (Å²) in [4.78, 5) is 4.81. The lowest BCUT2D eigenvalue weighted by atomic mass is 10.2. The molecule has 5 nitrogen and oxygen atoms in total. The van der Waals surface area contributed by atoms with Crippen LogP contribution < -0.4 is 5.32 Å². The van der Waals surface area contributed by atoms with Crippen LogP contribution in [0.3, 0.4) is 0 Å². The Balaban J connectivity index is 2.01. The minimum absolute atomic E-state index is 0.553. The van der Waals surface area contributed by atoms with Gasteiger partial charge in [-0.3, -0.25) is 4.40 Å². The van der Waals surface area contributed by atoms with Crippen LogP contribution in [0, 0.1) is 0 Å². The van der Waals surface area contributed by atoms with Crippen LogP contribution in [-0.2, 0) is 0 Å². The monoisotopic (exact) mass is 283 g/mol. The number of hydrogen-bond acceptors (Lipinski definition) is 4. The molecule has 1 atom stereocenters. The van der Waals surface area contributed by atoms with E-state index >= 15 is 0 Å². The van der Waals surface area contributed by atoms with Gasteiger partial charge in [-0.05, 0) is 12.8 Å². The van der Waals surface area contributed by atoms with Gasteiger partial charge in [0.1, 0.15) is 6.33 Å². The molecule has 0 amide bonds. The standard InChI is InChI=1S/C10H14BrN5/c1-2-8(11)3-4-12-9-10-15-14-7-16(10)6-5-13-9/h5-8H,2-4H2,1H3,(H,12,13). The summed E-state index contributed by atoms with van der Waals surface area (Å²) in [5.74, 6) is 0.788. The molecule has 2 aromatic heterocycles. The Morgan fingerprint density at radius 1 is 1.56 bits per heavy atom. The first-order valence-electron chi connectivity index (χ1n) is 5.33. The molecule has 0 radical (unpaired) electrons. The van der Waals surface area contributed by atoms with Gasteiger partial charge in [-0.15, -0.1) is 10.2 Å². The highest BCUT2D eigenvalue weighted by Gasteiger charge is 2.05. The van der Waals surface area contributed by atoms with E-state index in [1.54, 1.807) is 12.5 Å². The van der Waals surface area contributed by atoms with Crippen LogP contribution >= 0.6 is 15.9 Å². The lowest BCUT2D eigenvalue weighted by Gasteiger charge is -2.08. The van der Waals surface area contributed by atoms with Crippen LogP contribution in [0.5, 0.6) is 0 Å². The second kappa shape index (κ2) is 5.25. The summed E-state index contributed by atoms with van der Waals surface area (Å²) in [6.45, 7) is 3.04. The summed E-state index contributed by atoms with van der Waals surface area (Å²) in [5, 5.41) is 11.1. The van der Waals surface area contributed by atoms with Gasteiger partial charge >= 0.3 is 0 Å². The zero-order valence-corrected chi connectivity index (χ0v) is 10.7. The molecule has 0 aliphatic rings. The van der Waals surface area contributed by atoms with Crippen molar-refractivity contribution in [3.63, 3.8) is 0 Å². The van der Waals surface area contributed by atoms with Crippen LogP contribution in [0.2, 0.25) is 0 Å². The number of halogens is 1. The van der Waals surface area contributed by atoms with Crippen molar-refractivity contribution in [1.82, 2.24) is 19.6 Å². The molecule has 0 saturated heterocycles.